The van der Waals surface area contributed by atoms with E-state index in [1.165, 1.54) is 12.5 Å². The van der Waals surface area contributed by atoms with E-state index in [-0.39, 0.29) is 19.1 Å². The van der Waals surface area contributed by atoms with Gasteiger partial charge in [0.05, 0.1) is 18.6 Å². The molecule has 0 saturated carbocycles. The summed E-state index contributed by atoms with van der Waals surface area (Å²) in [5.41, 5.74) is 0.626. The van der Waals surface area contributed by atoms with Crippen molar-refractivity contribution in [2.24, 2.45) is 0 Å². The lowest BCUT2D eigenvalue weighted by Crippen LogP contribution is -2.32. The maximum atomic E-state index is 11.8. The summed E-state index contributed by atoms with van der Waals surface area (Å²) in [4.78, 5) is 11.8. The molecule has 0 aliphatic carbocycles. The van der Waals surface area contributed by atoms with Gasteiger partial charge in [-0.2, -0.15) is 0 Å². The Morgan fingerprint density at radius 1 is 1.17 bits per heavy atom. The van der Waals surface area contributed by atoms with Gasteiger partial charge in [-0.3, -0.25) is 4.79 Å². The van der Waals surface area contributed by atoms with Gasteiger partial charge in [0.2, 0.25) is 0 Å². The van der Waals surface area contributed by atoms with Gasteiger partial charge in [0.15, 0.2) is 6.61 Å². The van der Waals surface area contributed by atoms with E-state index in [4.69, 9.17) is 9.15 Å². The molecule has 1 heterocycles. The highest BCUT2D eigenvalue weighted by Crippen LogP contribution is 2.20. The molecular formula is C18H17NO4. The predicted molar refractivity (Wildman–Crippen MR) is 86.1 cm³/mol. The average Bonchev–Trinajstić information content (AvgIpc) is 3.12. The fraction of sp³-hybridized carbons (Fsp3) is 0.167. The Morgan fingerprint density at radius 3 is 2.78 bits per heavy atom. The largest absolute Gasteiger partial charge is 0.484 e. The molecule has 0 radical (unpaired) electrons. The lowest BCUT2D eigenvalue weighted by molar-refractivity contribution is -0.123. The molecule has 0 spiro atoms. The number of ether oxygens (including phenoxy) is 1. The summed E-state index contributed by atoms with van der Waals surface area (Å²) in [6, 6.07) is 15.3. The number of rotatable bonds is 6. The number of fused-ring (bicyclic) bond motifs is 1. The van der Waals surface area contributed by atoms with E-state index < -0.39 is 6.10 Å². The number of carbonyl (C=O) groups excluding carboxylic acids is 1. The number of aliphatic hydroxyl groups is 1. The van der Waals surface area contributed by atoms with E-state index in [1.807, 2.05) is 42.5 Å². The zero-order chi connectivity index (χ0) is 16.1. The summed E-state index contributed by atoms with van der Waals surface area (Å²) in [5.74, 6) is 0.343. The van der Waals surface area contributed by atoms with Crippen molar-refractivity contribution in [1.29, 1.82) is 0 Å². The zero-order valence-electron chi connectivity index (χ0n) is 12.4. The van der Waals surface area contributed by atoms with Gasteiger partial charge in [-0.05, 0) is 29.0 Å². The van der Waals surface area contributed by atoms with Crippen LogP contribution in [0.4, 0.5) is 0 Å². The van der Waals surface area contributed by atoms with E-state index in [0.29, 0.717) is 11.3 Å². The smallest absolute Gasteiger partial charge is 0.258 e. The summed E-state index contributed by atoms with van der Waals surface area (Å²) >= 11 is 0. The van der Waals surface area contributed by atoms with Gasteiger partial charge < -0.3 is 19.6 Å². The third-order valence-corrected chi connectivity index (χ3v) is 3.51. The number of nitrogens with one attached hydrogen (secondary N) is 1. The maximum absolute atomic E-state index is 11.8. The minimum Gasteiger partial charge on any atom is -0.484 e. The van der Waals surface area contributed by atoms with Gasteiger partial charge in [-0.15, -0.1) is 0 Å². The molecule has 5 heteroatoms. The molecule has 0 unspecified atom stereocenters. The Labute approximate surface area is 133 Å². The number of carbonyl (C=O) groups is 1. The minimum absolute atomic E-state index is 0.101. The van der Waals surface area contributed by atoms with E-state index in [2.05, 4.69) is 5.32 Å². The Bertz CT molecular complexity index is 783. The van der Waals surface area contributed by atoms with Crippen LogP contribution in [0, 0.1) is 0 Å². The molecule has 5 nitrogen and oxygen atoms in total. The summed E-state index contributed by atoms with van der Waals surface area (Å²) in [6.45, 7) is 0.00982. The highest BCUT2D eigenvalue weighted by atomic mass is 16.5. The van der Waals surface area contributed by atoms with Crippen LogP contribution >= 0.6 is 0 Å². The average molecular weight is 311 g/mol. The number of amides is 1. The fourth-order valence-electron chi connectivity index (χ4n) is 2.25. The molecule has 1 amide bonds. The molecule has 3 aromatic rings. The van der Waals surface area contributed by atoms with Crippen molar-refractivity contribution in [3.8, 4) is 5.75 Å². The molecule has 0 fully saturated rings. The van der Waals surface area contributed by atoms with E-state index >= 15 is 0 Å². The maximum Gasteiger partial charge on any atom is 0.258 e. The Morgan fingerprint density at radius 2 is 2.00 bits per heavy atom. The molecule has 1 aromatic heterocycles. The predicted octanol–water partition coefficient (Wildman–Crippen LogP) is 2.66. The molecule has 0 aliphatic rings. The van der Waals surface area contributed by atoms with Gasteiger partial charge in [-0.25, -0.2) is 0 Å². The van der Waals surface area contributed by atoms with Crippen LogP contribution in [0.25, 0.3) is 10.8 Å². The van der Waals surface area contributed by atoms with Crippen molar-refractivity contribution in [2.45, 2.75) is 6.10 Å². The standard InChI is InChI=1S/C18H17NO4/c20-17(15-7-8-22-11-15)10-19-18(21)12-23-16-6-5-13-3-1-2-4-14(13)9-16/h1-9,11,17,20H,10,12H2,(H,19,21)/t17-/m0/s1. The van der Waals surface area contributed by atoms with Crippen LogP contribution in [0.15, 0.2) is 65.5 Å². The third-order valence-electron chi connectivity index (χ3n) is 3.51. The van der Waals surface area contributed by atoms with E-state index in [0.717, 1.165) is 10.8 Å². The first-order chi connectivity index (χ1) is 11.2. The number of furan rings is 1. The topological polar surface area (TPSA) is 71.7 Å². The van der Waals surface area contributed by atoms with Gasteiger partial charge in [-0.1, -0.05) is 30.3 Å². The van der Waals surface area contributed by atoms with Crippen molar-refractivity contribution in [2.75, 3.05) is 13.2 Å². The second-order valence-corrected chi connectivity index (χ2v) is 5.17. The highest BCUT2D eigenvalue weighted by molar-refractivity contribution is 5.84. The summed E-state index contributed by atoms with van der Waals surface area (Å²) in [7, 11) is 0. The molecule has 0 saturated heterocycles. The van der Waals surface area contributed by atoms with Gasteiger partial charge in [0.1, 0.15) is 5.75 Å². The molecule has 2 aromatic carbocycles. The Hall–Kier alpha value is -2.79. The normalized spacial score (nSPS) is 12.0. The summed E-state index contributed by atoms with van der Waals surface area (Å²) < 4.78 is 10.4. The Kier molecular flexibility index (Phi) is 4.59. The van der Waals surface area contributed by atoms with Crippen molar-refractivity contribution in [3.05, 3.63) is 66.6 Å². The quantitative estimate of drug-likeness (QED) is 0.734. The van der Waals surface area contributed by atoms with Crippen LogP contribution < -0.4 is 10.1 Å². The van der Waals surface area contributed by atoms with Crippen molar-refractivity contribution >= 4 is 16.7 Å². The first-order valence-electron chi connectivity index (χ1n) is 7.31. The molecule has 0 aliphatic heterocycles. The second-order valence-electron chi connectivity index (χ2n) is 5.17. The molecule has 23 heavy (non-hydrogen) atoms. The van der Waals surface area contributed by atoms with Crippen molar-refractivity contribution in [3.63, 3.8) is 0 Å². The van der Waals surface area contributed by atoms with Crippen LogP contribution in [0.5, 0.6) is 5.75 Å². The van der Waals surface area contributed by atoms with Crippen LogP contribution in [0.3, 0.4) is 0 Å². The van der Waals surface area contributed by atoms with Crippen LogP contribution in [-0.2, 0) is 4.79 Å². The number of aliphatic hydroxyl groups excluding tert-OH is 1. The number of hydrogen-bond donors (Lipinski definition) is 2. The molecule has 118 valence electrons. The van der Waals surface area contributed by atoms with Gasteiger partial charge in [0.25, 0.3) is 5.91 Å². The first-order valence-corrected chi connectivity index (χ1v) is 7.31. The zero-order valence-corrected chi connectivity index (χ0v) is 12.4. The SMILES string of the molecule is O=C(COc1ccc2ccccc2c1)NC[C@H](O)c1ccoc1. The molecule has 2 N–H and O–H groups in total. The monoisotopic (exact) mass is 311 g/mol. The second kappa shape index (κ2) is 6.98. The van der Waals surface area contributed by atoms with Gasteiger partial charge >= 0.3 is 0 Å². The summed E-state index contributed by atoms with van der Waals surface area (Å²) in [6.07, 6.45) is 2.13. The molecular weight excluding hydrogens is 294 g/mol. The van der Waals surface area contributed by atoms with Crippen LogP contribution in [-0.4, -0.2) is 24.2 Å². The first kappa shape index (κ1) is 15.1. The Balaban J connectivity index is 1.50. The lowest BCUT2D eigenvalue weighted by atomic mass is 10.1. The third kappa shape index (κ3) is 3.90. The molecule has 3 rings (SSSR count). The summed E-state index contributed by atoms with van der Waals surface area (Å²) in [5, 5.41) is 14.6. The van der Waals surface area contributed by atoms with Crippen LogP contribution in [0.1, 0.15) is 11.7 Å². The van der Waals surface area contributed by atoms with E-state index in [1.54, 1.807) is 6.07 Å². The van der Waals surface area contributed by atoms with E-state index in [9.17, 15) is 9.90 Å². The van der Waals surface area contributed by atoms with Crippen LogP contribution in [0.2, 0.25) is 0 Å². The molecule has 1 atom stereocenters. The molecule has 0 bridgehead atoms. The number of hydrogen-bond acceptors (Lipinski definition) is 4. The van der Waals surface area contributed by atoms with Crippen molar-refractivity contribution in [1.82, 2.24) is 5.32 Å². The number of benzene rings is 2. The fourth-order valence-corrected chi connectivity index (χ4v) is 2.25. The minimum atomic E-state index is -0.793. The lowest BCUT2D eigenvalue weighted by Gasteiger charge is -2.11. The van der Waals surface area contributed by atoms with Gasteiger partial charge in [0, 0.05) is 12.1 Å². The highest BCUT2D eigenvalue weighted by Gasteiger charge is 2.11. The van der Waals surface area contributed by atoms with Crippen molar-refractivity contribution < 1.29 is 19.1 Å².